The minimum absolute atomic E-state index is 0.252. The Kier molecular flexibility index (Phi) is 5.82. The van der Waals surface area contributed by atoms with Gasteiger partial charge in [-0.1, -0.05) is 62.4 Å². The number of hydrogen-bond donors (Lipinski definition) is 1. The van der Waals surface area contributed by atoms with Gasteiger partial charge < -0.3 is 10.1 Å². The Morgan fingerprint density at radius 2 is 1.56 bits per heavy atom. The lowest BCUT2D eigenvalue weighted by atomic mass is 10.0. The van der Waals surface area contributed by atoms with Crippen LogP contribution in [0.5, 0.6) is 5.75 Å². The SMILES string of the molecule is COc1ccc(C)cc1N1C(=O)C(Nc2ccc(C(C)C)cc2)=C(c2ccccc2)C1=O. The van der Waals surface area contributed by atoms with E-state index in [0.717, 1.165) is 11.3 Å². The van der Waals surface area contributed by atoms with E-state index < -0.39 is 5.91 Å². The zero-order valence-electron chi connectivity index (χ0n) is 18.7. The first-order valence-electron chi connectivity index (χ1n) is 10.6. The van der Waals surface area contributed by atoms with Gasteiger partial charge in [-0.15, -0.1) is 0 Å². The highest BCUT2D eigenvalue weighted by molar-refractivity contribution is 6.46. The molecule has 0 atom stereocenters. The summed E-state index contributed by atoms with van der Waals surface area (Å²) in [5.41, 5.74) is 4.58. The summed E-state index contributed by atoms with van der Waals surface area (Å²) < 4.78 is 5.45. The number of methoxy groups -OCH3 is 1. The summed E-state index contributed by atoms with van der Waals surface area (Å²) in [5, 5.41) is 3.21. The van der Waals surface area contributed by atoms with Gasteiger partial charge in [0.15, 0.2) is 0 Å². The highest BCUT2D eigenvalue weighted by atomic mass is 16.5. The zero-order valence-corrected chi connectivity index (χ0v) is 18.7. The van der Waals surface area contributed by atoms with E-state index >= 15 is 0 Å². The molecule has 4 rings (SSSR count). The van der Waals surface area contributed by atoms with Gasteiger partial charge in [-0.2, -0.15) is 0 Å². The number of amides is 2. The molecule has 32 heavy (non-hydrogen) atoms. The van der Waals surface area contributed by atoms with Crippen molar-refractivity contribution in [3.8, 4) is 5.75 Å². The van der Waals surface area contributed by atoms with E-state index in [0.29, 0.717) is 28.5 Å². The Hall–Kier alpha value is -3.86. The highest BCUT2D eigenvalue weighted by Gasteiger charge is 2.41. The van der Waals surface area contributed by atoms with Crippen LogP contribution in [0.15, 0.2) is 78.5 Å². The van der Waals surface area contributed by atoms with Crippen molar-refractivity contribution in [2.45, 2.75) is 26.7 Å². The maximum atomic E-state index is 13.6. The Morgan fingerprint density at radius 3 is 2.19 bits per heavy atom. The molecule has 1 N–H and O–H groups in total. The van der Waals surface area contributed by atoms with Gasteiger partial charge in [0.2, 0.25) is 0 Å². The fourth-order valence-electron chi connectivity index (χ4n) is 3.81. The lowest BCUT2D eigenvalue weighted by molar-refractivity contribution is -0.120. The first-order chi connectivity index (χ1) is 15.4. The number of hydrogen-bond acceptors (Lipinski definition) is 4. The Bertz CT molecular complexity index is 1200. The van der Waals surface area contributed by atoms with Crippen LogP contribution in [0.2, 0.25) is 0 Å². The molecule has 0 aliphatic carbocycles. The first-order valence-corrected chi connectivity index (χ1v) is 10.6. The number of nitrogens with one attached hydrogen (secondary N) is 1. The zero-order chi connectivity index (χ0) is 22.8. The minimum atomic E-state index is -0.411. The van der Waals surface area contributed by atoms with Gasteiger partial charge in [0, 0.05) is 5.69 Å². The summed E-state index contributed by atoms with van der Waals surface area (Å²) in [7, 11) is 1.53. The van der Waals surface area contributed by atoms with Crippen molar-refractivity contribution in [2.75, 3.05) is 17.3 Å². The van der Waals surface area contributed by atoms with Gasteiger partial charge in [0.25, 0.3) is 11.8 Å². The second-order valence-electron chi connectivity index (χ2n) is 8.14. The number of carbonyl (C=O) groups excluding carboxylic acids is 2. The quantitative estimate of drug-likeness (QED) is 0.527. The van der Waals surface area contributed by atoms with Gasteiger partial charge >= 0.3 is 0 Å². The predicted molar refractivity (Wildman–Crippen MR) is 128 cm³/mol. The number of imide groups is 1. The second kappa shape index (κ2) is 8.71. The normalized spacial score (nSPS) is 13.8. The molecule has 0 bridgehead atoms. The second-order valence-corrected chi connectivity index (χ2v) is 8.14. The van der Waals surface area contributed by atoms with Crippen molar-refractivity contribution in [1.82, 2.24) is 0 Å². The molecule has 0 aromatic heterocycles. The molecule has 0 radical (unpaired) electrons. The van der Waals surface area contributed by atoms with E-state index in [9.17, 15) is 9.59 Å². The summed E-state index contributed by atoms with van der Waals surface area (Å²) in [5.74, 6) is 0.0754. The topological polar surface area (TPSA) is 58.6 Å². The molecule has 5 heteroatoms. The number of carbonyl (C=O) groups is 2. The maximum absolute atomic E-state index is 13.6. The van der Waals surface area contributed by atoms with Crippen LogP contribution in [0.3, 0.4) is 0 Å². The molecule has 3 aromatic carbocycles. The van der Waals surface area contributed by atoms with Crippen LogP contribution in [0.25, 0.3) is 5.57 Å². The van der Waals surface area contributed by atoms with E-state index in [-0.39, 0.29) is 11.6 Å². The van der Waals surface area contributed by atoms with Gasteiger partial charge in [-0.05, 0) is 53.8 Å². The van der Waals surface area contributed by atoms with E-state index in [2.05, 4.69) is 19.2 Å². The van der Waals surface area contributed by atoms with Crippen molar-refractivity contribution < 1.29 is 14.3 Å². The van der Waals surface area contributed by atoms with E-state index in [4.69, 9.17) is 4.74 Å². The van der Waals surface area contributed by atoms with Crippen LogP contribution < -0.4 is 15.0 Å². The number of aryl methyl sites for hydroxylation is 1. The molecule has 0 spiro atoms. The fourth-order valence-corrected chi connectivity index (χ4v) is 3.81. The largest absolute Gasteiger partial charge is 0.495 e. The number of anilines is 2. The number of ether oxygens (including phenoxy) is 1. The third-order valence-corrected chi connectivity index (χ3v) is 5.57. The van der Waals surface area contributed by atoms with Gasteiger partial charge in [-0.25, -0.2) is 4.90 Å². The lowest BCUT2D eigenvalue weighted by Gasteiger charge is -2.19. The monoisotopic (exact) mass is 426 g/mol. The third-order valence-electron chi connectivity index (χ3n) is 5.57. The smallest absolute Gasteiger partial charge is 0.282 e. The maximum Gasteiger partial charge on any atom is 0.282 e. The summed E-state index contributed by atoms with van der Waals surface area (Å²) >= 11 is 0. The van der Waals surface area contributed by atoms with Crippen LogP contribution in [-0.2, 0) is 9.59 Å². The Balaban J connectivity index is 1.80. The number of benzene rings is 3. The molecule has 0 unspecified atom stereocenters. The first kappa shape index (κ1) is 21.4. The minimum Gasteiger partial charge on any atom is -0.495 e. The fraction of sp³-hybridized carbons (Fsp3) is 0.185. The van der Waals surface area contributed by atoms with Gasteiger partial charge in [-0.3, -0.25) is 9.59 Å². The Morgan fingerprint density at radius 1 is 0.875 bits per heavy atom. The average Bonchev–Trinajstić information content (AvgIpc) is 3.03. The van der Waals surface area contributed by atoms with Crippen LogP contribution in [0, 0.1) is 6.92 Å². The van der Waals surface area contributed by atoms with E-state index in [1.54, 1.807) is 12.1 Å². The molecule has 0 saturated heterocycles. The molecule has 3 aromatic rings. The molecule has 162 valence electrons. The molecule has 1 aliphatic rings. The lowest BCUT2D eigenvalue weighted by Crippen LogP contribution is -2.32. The highest BCUT2D eigenvalue weighted by Crippen LogP contribution is 2.38. The van der Waals surface area contributed by atoms with Crippen LogP contribution in [-0.4, -0.2) is 18.9 Å². The summed E-state index contributed by atoms with van der Waals surface area (Å²) in [6.07, 6.45) is 0. The van der Waals surface area contributed by atoms with Crippen molar-refractivity contribution in [3.05, 3.63) is 95.2 Å². The van der Waals surface area contributed by atoms with Gasteiger partial charge in [0.1, 0.15) is 11.4 Å². The molecule has 0 fully saturated rings. The number of rotatable bonds is 6. The third kappa shape index (κ3) is 3.89. The molecule has 1 heterocycles. The standard InChI is InChI=1S/C27H26N2O3/c1-17(2)19-11-13-21(14-12-19)28-25-24(20-8-6-5-7-9-20)26(30)29(27(25)31)22-16-18(3)10-15-23(22)32-4/h5-17,28H,1-4H3. The molecule has 1 aliphatic heterocycles. The van der Waals surface area contributed by atoms with E-state index in [1.807, 2.05) is 67.6 Å². The van der Waals surface area contributed by atoms with Crippen molar-refractivity contribution >= 4 is 28.8 Å². The molecule has 2 amide bonds. The summed E-state index contributed by atoms with van der Waals surface area (Å²) in [6, 6.07) is 22.6. The van der Waals surface area contributed by atoms with Gasteiger partial charge in [0.05, 0.1) is 18.4 Å². The predicted octanol–water partition coefficient (Wildman–Crippen LogP) is 5.52. The van der Waals surface area contributed by atoms with Crippen LogP contribution in [0.4, 0.5) is 11.4 Å². The molecule has 5 nitrogen and oxygen atoms in total. The summed E-state index contributed by atoms with van der Waals surface area (Å²) in [6.45, 7) is 6.17. The number of nitrogens with zero attached hydrogens (tertiary/aromatic N) is 1. The van der Waals surface area contributed by atoms with Crippen LogP contribution >= 0.6 is 0 Å². The van der Waals surface area contributed by atoms with Crippen molar-refractivity contribution in [1.29, 1.82) is 0 Å². The van der Waals surface area contributed by atoms with Crippen molar-refractivity contribution in [2.24, 2.45) is 0 Å². The van der Waals surface area contributed by atoms with Crippen LogP contribution in [0.1, 0.15) is 36.5 Å². The Labute approximate surface area is 188 Å². The molecule has 0 saturated carbocycles. The summed E-state index contributed by atoms with van der Waals surface area (Å²) in [4.78, 5) is 28.4. The van der Waals surface area contributed by atoms with E-state index in [1.165, 1.54) is 17.6 Å². The molecular weight excluding hydrogens is 400 g/mol. The van der Waals surface area contributed by atoms with Crippen molar-refractivity contribution in [3.63, 3.8) is 0 Å². The molecular formula is C27H26N2O3. The average molecular weight is 427 g/mol.